The summed E-state index contributed by atoms with van der Waals surface area (Å²) in [5.41, 5.74) is 5.64. The first-order chi connectivity index (χ1) is 8.24. The Kier molecular flexibility index (Phi) is 6.48. The smallest absolute Gasteiger partial charge is 0.248 e. The molecule has 1 aromatic rings. The van der Waals surface area contributed by atoms with Crippen molar-refractivity contribution in [3.63, 3.8) is 0 Å². The van der Waals surface area contributed by atoms with Crippen molar-refractivity contribution in [1.29, 1.82) is 0 Å². The lowest BCUT2D eigenvalue weighted by atomic mass is 10.2. The molecule has 3 nitrogen and oxygen atoms in total. The molecule has 0 atom stereocenters. The zero-order chi connectivity index (χ0) is 12.5. The van der Waals surface area contributed by atoms with E-state index in [4.69, 9.17) is 22.1 Å². The minimum Gasteiger partial charge on any atom is -0.494 e. The maximum atomic E-state index is 10.8. The molecule has 0 spiro atoms. The number of rotatable bonds is 8. The molecule has 1 rings (SSSR count). The van der Waals surface area contributed by atoms with E-state index in [1.165, 1.54) is 0 Å². The van der Waals surface area contributed by atoms with E-state index in [1.54, 1.807) is 24.3 Å². The van der Waals surface area contributed by atoms with Crippen molar-refractivity contribution in [2.24, 2.45) is 5.73 Å². The number of amides is 1. The molecule has 1 aromatic carbocycles. The van der Waals surface area contributed by atoms with Gasteiger partial charge in [0.05, 0.1) is 6.61 Å². The maximum Gasteiger partial charge on any atom is 0.248 e. The molecule has 94 valence electrons. The number of hydrogen-bond donors (Lipinski definition) is 1. The van der Waals surface area contributed by atoms with Gasteiger partial charge in [0.2, 0.25) is 5.91 Å². The van der Waals surface area contributed by atoms with Gasteiger partial charge in [0.1, 0.15) is 5.75 Å². The highest BCUT2D eigenvalue weighted by Crippen LogP contribution is 2.12. The van der Waals surface area contributed by atoms with Crippen LogP contribution in [-0.4, -0.2) is 18.4 Å². The second-order valence-electron chi connectivity index (χ2n) is 3.84. The molecule has 0 saturated carbocycles. The summed E-state index contributed by atoms with van der Waals surface area (Å²) in [6.45, 7) is 0.693. The number of benzene rings is 1. The van der Waals surface area contributed by atoms with Crippen LogP contribution in [0, 0.1) is 0 Å². The van der Waals surface area contributed by atoms with Crippen molar-refractivity contribution < 1.29 is 9.53 Å². The fourth-order valence-electron chi connectivity index (χ4n) is 1.46. The summed E-state index contributed by atoms with van der Waals surface area (Å²) in [4.78, 5) is 10.8. The number of unbranched alkanes of at least 4 members (excludes halogenated alkanes) is 3. The van der Waals surface area contributed by atoms with Gasteiger partial charge in [-0.2, -0.15) is 0 Å². The van der Waals surface area contributed by atoms with Crippen LogP contribution < -0.4 is 10.5 Å². The van der Waals surface area contributed by atoms with E-state index in [0.29, 0.717) is 12.2 Å². The molecular formula is C13H18ClNO2. The van der Waals surface area contributed by atoms with Gasteiger partial charge in [0.15, 0.2) is 0 Å². The summed E-state index contributed by atoms with van der Waals surface area (Å²) in [7, 11) is 0. The van der Waals surface area contributed by atoms with Crippen LogP contribution in [0.15, 0.2) is 24.3 Å². The van der Waals surface area contributed by atoms with Crippen molar-refractivity contribution in [1.82, 2.24) is 0 Å². The standard InChI is InChI=1S/C13H18ClNO2/c14-9-3-1-2-4-10-17-12-7-5-11(6-8-12)13(15)16/h5-8H,1-4,9-10H2,(H2,15,16). The van der Waals surface area contributed by atoms with Gasteiger partial charge in [-0.3, -0.25) is 4.79 Å². The van der Waals surface area contributed by atoms with E-state index in [2.05, 4.69) is 0 Å². The van der Waals surface area contributed by atoms with E-state index in [0.717, 1.165) is 37.3 Å². The molecule has 2 N–H and O–H groups in total. The largest absolute Gasteiger partial charge is 0.494 e. The molecule has 0 aromatic heterocycles. The van der Waals surface area contributed by atoms with Crippen LogP contribution in [0.25, 0.3) is 0 Å². The third-order valence-electron chi connectivity index (χ3n) is 2.44. The van der Waals surface area contributed by atoms with Gasteiger partial charge in [-0.05, 0) is 37.1 Å². The molecule has 0 radical (unpaired) electrons. The third-order valence-corrected chi connectivity index (χ3v) is 2.70. The molecule has 0 fully saturated rings. The predicted molar refractivity (Wildman–Crippen MR) is 69.6 cm³/mol. The Morgan fingerprint density at radius 1 is 1.12 bits per heavy atom. The van der Waals surface area contributed by atoms with Gasteiger partial charge in [0.25, 0.3) is 0 Å². The number of halogens is 1. The zero-order valence-electron chi connectivity index (χ0n) is 9.82. The zero-order valence-corrected chi connectivity index (χ0v) is 10.6. The third kappa shape index (κ3) is 5.59. The molecule has 0 unspecified atom stereocenters. The number of nitrogens with two attached hydrogens (primary N) is 1. The van der Waals surface area contributed by atoms with Gasteiger partial charge in [-0.25, -0.2) is 0 Å². The Morgan fingerprint density at radius 2 is 1.76 bits per heavy atom. The second kappa shape index (κ2) is 7.96. The van der Waals surface area contributed by atoms with E-state index in [1.807, 2.05) is 0 Å². The molecule has 0 aliphatic rings. The summed E-state index contributed by atoms with van der Waals surface area (Å²) in [6.07, 6.45) is 4.36. The Bertz CT molecular complexity index is 338. The van der Waals surface area contributed by atoms with Crippen LogP contribution in [0.3, 0.4) is 0 Å². The lowest BCUT2D eigenvalue weighted by Crippen LogP contribution is -2.10. The average molecular weight is 256 g/mol. The number of ether oxygens (including phenoxy) is 1. The van der Waals surface area contributed by atoms with Crippen LogP contribution in [0.2, 0.25) is 0 Å². The number of carbonyl (C=O) groups is 1. The van der Waals surface area contributed by atoms with Gasteiger partial charge in [-0.1, -0.05) is 12.8 Å². The molecule has 0 saturated heterocycles. The van der Waals surface area contributed by atoms with Crippen LogP contribution >= 0.6 is 11.6 Å². The highest BCUT2D eigenvalue weighted by molar-refractivity contribution is 6.17. The molecule has 0 aliphatic heterocycles. The van der Waals surface area contributed by atoms with E-state index in [-0.39, 0.29) is 0 Å². The summed E-state index contributed by atoms with van der Waals surface area (Å²) in [5.74, 6) is 1.08. The fourth-order valence-corrected chi connectivity index (χ4v) is 1.64. The highest BCUT2D eigenvalue weighted by atomic mass is 35.5. The Hall–Kier alpha value is -1.22. The lowest BCUT2D eigenvalue weighted by Gasteiger charge is -2.06. The second-order valence-corrected chi connectivity index (χ2v) is 4.22. The summed E-state index contributed by atoms with van der Waals surface area (Å²) < 4.78 is 5.54. The van der Waals surface area contributed by atoms with E-state index >= 15 is 0 Å². The van der Waals surface area contributed by atoms with Gasteiger partial charge >= 0.3 is 0 Å². The fraction of sp³-hybridized carbons (Fsp3) is 0.462. The first-order valence-electron chi connectivity index (χ1n) is 5.82. The quantitative estimate of drug-likeness (QED) is 0.574. The summed E-state index contributed by atoms with van der Waals surface area (Å²) in [5, 5.41) is 0. The van der Waals surface area contributed by atoms with Gasteiger partial charge < -0.3 is 10.5 Å². The average Bonchev–Trinajstić information content (AvgIpc) is 2.34. The van der Waals surface area contributed by atoms with Gasteiger partial charge in [0, 0.05) is 11.4 Å². The Balaban J connectivity index is 2.21. The number of primary amides is 1. The van der Waals surface area contributed by atoms with Gasteiger partial charge in [-0.15, -0.1) is 11.6 Å². The lowest BCUT2D eigenvalue weighted by molar-refractivity contribution is 0.100. The monoisotopic (exact) mass is 255 g/mol. The van der Waals surface area contributed by atoms with Crippen molar-refractivity contribution >= 4 is 17.5 Å². The van der Waals surface area contributed by atoms with Crippen LogP contribution in [-0.2, 0) is 0 Å². The first-order valence-corrected chi connectivity index (χ1v) is 6.36. The van der Waals surface area contributed by atoms with Crippen molar-refractivity contribution in [3.05, 3.63) is 29.8 Å². The molecule has 4 heteroatoms. The molecule has 0 heterocycles. The Labute approximate surface area is 107 Å². The summed E-state index contributed by atoms with van der Waals surface area (Å²) in [6, 6.07) is 6.87. The maximum absolute atomic E-state index is 10.8. The van der Waals surface area contributed by atoms with Crippen LogP contribution in [0.4, 0.5) is 0 Å². The number of carbonyl (C=O) groups excluding carboxylic acids is 1. The highest BCUT2D eigenvalue weighted by Gasteiger charge is 1.99. The van der Waals surface area contributed by atoms with Crippen molar-refractivity contribution in [3.8, 4) is 5.75 Å². The van der Waals surface area contributed by atoms with E-state index in [9.17, 15) is 4.79 Å². The number of alkyl halides is 1. The Morgan fingerprint density at radius 3 is 2.35 bits per heavy atom. The van der Waals surface area contributed by atoms with Crippen molar-refractivity contribution in [2.45, 2.75) is 25.7 Å². The molecular weight excluding hydrogens is 238 g/mol. The van der Waals surface area contributed by atoms with Crippen LogP contribution in [0.5, 0.6) is 5.75 Å². The molecule has 0 bridgehead atoms. The minimum absolute atomic E-state index is 0.419. The number of hydrogen-bond acceptors (Lipinski definition) is 2. The normalized spacial score (nSPS) is 10.2. The summed E-state index contributed by atoms with van der Waals surface area (Å²) >= 11 is 5.58. The first kappa shape index (κ1) is 13.8. The predicted octanol–water partition coefficient (Wildman–Crippen LogP) is 2.96. The topological polar surface area (TPSA) is 52.3 Å². The van der Waals surface area contributed by atoms with Crippen LogP contribution in [0.1, 0.15) is 36.0 Å². The minimum atomic E-state index is -0.419. The van der Waals surface area contributed by atoms with Crippen molar-refractivity contribution in [2.75, 3.05) is 12.5 Å². The van der Waals surface area contributed by atoms with E-state index < -0.39 is 5.91 Å². The molecule has 0 aliphatic carbocycles. The molecule has 17 heavy (non-hydrogen) atoms. The molecule has 1 amide bonds. The SMILES string of the molecule is NC(=O)c1ccc(OCCCCCCCl)cc1.